The maximum atomic E-state index is 5.10. The van der Waals surface area contributed by atoms with E-state index in [2.05, 4.69) is 30.3 Å². The number of allylic oxidation sites excluding steroid dienone is 1. The van der Waals surface area contributed by atoms with Crippen LogP contribution in [0.5, 0.6) is 0 Å². The maximum Gasteiger partial charge on any atom is 0.0196 e. The topological polar surface area (TPSA) is 0 Å². The summed E-state index contributed by atoms with van der Waals surface area (Å²) in [6, 6.07) is 8.36. The standard InChI is InChI=1S/C10H8S.Cu/c11-10-6-5-8-3-1-2-4-9(8)7-10;/h1-6H,7H2;. The Bertz CT molecular complexity index is 328. The summed E-state index contributed by atoms with van der Waals surface area (Å²) in [5.41, 5.74) is 2.65. The predicted molar refractivity (Wildman–Crippen MR) is 51.8 cm³/mol. The molecule has 0 aromatic heterocycles. The van der Waals surface area contributed by atoms with Gasteiger partial charge in [-0.15, -0.1) is 0 Å². The number of hydrogen-bond acceptors (Lipinski definition) is 1. The Morgan fingerprint density at radius 2 is 1.83 bits per heavy atom. The first kappa shape index (κ1) is 9.66. The van der Waals surface area contributed by atoms with E-state index >= 15 is 0 Å². The Hall–Kier alpha value is -0.431. The van der Waals surface area contributed by atoms with Crippen molar-refractivity contribution in [3.05, 3.63) is 41.5 Å². The van der Waals surface area contributed by atoms with Gasteiger partial charge in [0.25, 0.3) is 0 Å². The fourth-order valence-electron chi connectivity index (χ4n) is 1.29. The van der Waals surface area contributed by atoms with Gasteiger partial charge in [0.1, 0.15) is 0 Å². The van der Waals surface area contributed by atoms with E-state index in [1.54, 1.807) is 0 Å². The second-order valence-electron chi connectivity index (χ2n) is 2.68. The van der Waals surface area contributed by atoms with Gasteiger partial charge in [-0.3, -0.25) is 0 Å². The first-order valence-electron chi connectivity index (χ1n) is 3.65. The first-order valence-corrected chi connectivity index (χ1v) is 4.06. The zero-order valence-corrected chi connectivity index (χ0v) is 8.14. The molecule has 0 nitrogen and oxygen atoms in total. The van der Waals surface area contributed by atoms with E-state index < -0.39 is 0 Å². The van der Waals surface area contributed by atoms with Crippen LogP contribution in [0.25, 0.3) is 6.08 Å². The third-order valence-electron chi connectivity index (χ3n) is 1.87. The quantitative estimate of drug-likeness (QED) is 0.482. The Labute approximate surface area is 88.2 Å². The number of benzene rings is 1. The summed E-state index contributed by atoms with van der Waals surface area (Å²) in [6.45, 7) is 0. The molecule has 0 atom stereocenters. The Kier molecular flexibility index (Phi) is 3.21. The van der Waals surface area contributed by atoms with Gasteiger partial charge < -0.3 is 0 Å². The van der Waals surface area contributed by atoms with Gasteiger partial charge in [-0.2, -0.15) is 0 Å². The average Bonchev–Trinajstić information content (AvgIpc) is 2.04. The van der Waals surface area contributed by atoms with Crippen LogP contribution >= 0.6 is 12.2 Å². The van der Waals surface area contributed by atoms with E-state index in [0.717, 1.165) is 11.3 Å². The number of thiocarbonyl (C=S) groups is 1. The Balaban J connectivity index is 0.000000720. The average molecular weight is 224 g/mol. The van der Waals surface area contributed by atoms with E-state index in [1.807, 2.05) is 6.08 Å². The predicted octanol–water partition coefficient (Wildman–Crippen LogP) is 2.62. The third kappa shape index (κ3) is 1.84. The van der Waals surface area contributed by atoms with Crippen LogP contribution in [0, 0.1) is 0 Å². The van der Waals surface area contributed by atoms with Crippen LogP contribution in [0.4, 0.5) is 0 Å². The third-order valence-corrected chi connectivity index (χ3v) is 2.15. The minimum atomic E-state index is 0. The van der Waals surface area contributed by atoms with Gasteiger partial charge in [0.15, 0.2) is 0 Å². The fraction of sp³-hybridized carbons (Fsp3) is 0.100. The summed E-state index contributed by atoms with van der Waals surface area (Å²) in [7, 11) is 0. The number of fused-ring (bicyclic) bond motifs is 1. The molecule has 0 fully saturated rings. The first-order chi connectivity index (χ1) is 5.36. The Morgan fingerprint density at radius 1 is 1.08 bits per heavy atom. The van der Waals surface area contributed by atoms with E-state index in [0.29, 0.717) is 0 Å². The van der Waals surface area contributed by atoms with Crippen molar-refractivity contribution in [1.82, 2.24) is 0 Å². The van der Waals surface area contributed by atoms with Gasteiger partial charge in [0.05, 0.1) is 0 Å². The molecule has 12 heavy (non-hydrogen) atoms. The molecule has 65 valence electrons. The van der Waals surface area contributed by atoms with E-state index in [1.165, 1.54) is 11.1 Å². The number of hydrogen-bond donors (Lipinski definition) is 0. The molecule has 0 spiro atoms. The van der Waals surface area contributed by atoms with E-state index in [4.69, 9.17) is 12.2 Å². The molecule has 0 amide bonds. The molecule has 0 saturated heterocycles. The van der Waals surface area contributed by atoms with Crippen LogP contribution in [0.1, 0.15) is 11.1 Å². The molecule has 0 N–H and O–H groups in total. The summed E-state index contributed by atoms with van der Waals surface area (Å²) in [6.07, 6.45) is 5.03. The molecule has 0 aliphatic heterocycles. The molecule has 0 heterocycles. The largest absolute Gasteiger partial charge is 0.0846 e. The smallest absolute Gasteiger partial charge is 0.0196 e. The van der Waals surface area contributed by atoms with E-state index in [-0.39, 0.29) is 17.1 Å². The zero-order valence-electron chi connectivity index (χ0n) is 6.38. The summed E-state index contributed by atoms with van der Waals surface area (Å²) in [5.74, 6) is 0. The molecule has 1 aliphatic rings. The zero-order chi connectivity index (χ0) is 7.68. The molecule has 1 radical (unpaired) electrons. The molecule has 2 rings (SSSR count). The monoisotopic (exact) mass is 223 g/mol. The van der Waals surface area contributed by atoms with Crippen LogP contribution in [0.3, 0.4) is 0 Å². The van der Waals surface area contributed by atoms with Crippen molar-refractivity contribution in [3.8, 4) is 0 Å². The second kappa shape index (κ2) is 3.99. The van der Waals surface area contributed by atoms with Crippen molar-refractivity contribution in [2.45, 2.75) is 6.42 Å². The molecule has 0 saturated carbocycles. The van der Waals surface area contributed by atoms with Crippen molar-refractivity contribution < 1.29 is 17.1 Å². The molecule has 1 aromatic rings. The summed E-state index contributed by atoms with van der Waals surface area (Å²) in [5, 5.41) is 0. The van der Waals surface area contributed by atoms with Crippen molar-refractivity contribution >= 4 is 23.2 Å². The fourth-order valence-corrected chi connectivity index (χ4v) is 1.51. The van der Waals surface area contributed by atoms with Gasteiger partial charge >= 0.3 is 0 Å². The minimum absolute atomic E-state index is 0. The van der Waals surface area contributed by atoms with Crippen LogP contribution in [-0.2, 0) is 23.5 Å². The molecular formula is C10H8CuS. The summed E-state index contributed by atoms with van der Waals surface area (Å²) < 4.78 is 0. The summed E-state index contributed by atoms with van der Waals surface area (Å²) in [4.78, 5) is 1.03. The van der Waals surface area contributed by atoms with E-state index in [9.17, 15) is 0 Å². The maximum absolute atomic E-state index is 5.10. The Morgan fingerprint density at radius 3 is 2.67 bits per heavy atom. The van der Waals surface area contributed by atoms with Crippen molar-refractivity contribution in [3.63, 3.8) is 0 Å². The van der Waals surface area contributed by atoms with Crippen LogP contribution < -0.4 is 0 Å². The SMILES string of the molecule is S=C1C=Cc2ccccc2C1.[Cu]. The van der Waals surface area contributed by atoms with Gasteiger partial charge in [-0.25, -0.2) is 0 Å². The van der Waals surface area contributed by atoms with Crippen LogP contribution in [0.15, 0.2) is 30.3 Å². The van der Waals surface area contributed by atoms with Crippen molar-refractivity contribution in [2.24, 2.45) is 0 Å². The minimum Gasteiger partial charge on any atom is -0.0846 e. The molecule has 1 aliphatic carbocycles. The molecule has 0 unspecified atom stereocenters. The summed E-state index contributed by atoms with van der Waals surface area (Å²) >= 11 is 5.10. The number of rotatable bonds is 0. The van der Waals surface area contributed by atoms with Gasteiger partial charge in [-0.05, 0) is 17.2 Å². The molecular weight excluding hydrogens is 216 g/mol. The molecule has 0 bridgehead atoms. The van der Waals surface area contributed by atoms with Crippen molar-refractivity contribution in [2.75, 3.05) is 0 Å². The molecule has 2 heteroatoms. The second-order valence-corrected chi connectivity index (χ2v) is 3.20. The van der Waals surface area contributed by atoms with Gasteiger partial charge in [0.2, 0.25) is 0 Å². The van der Waals surface area contributed by atoms with Gasteiger partial charge in [0, 0.05) is 28.4 Å². The van der Waals surface area contributed by atoms with Crippen molar-refractivity contribution in [1.29, 1.82) is 0 Å². The normalized spacial score (nSPS) is 13.5. The molecule has 1 aromatic carbocycles. The van der Waals surface area contributed by atoms with Gasteiger partial charge in [-0.1, -0.05) is 42.6 Å². The van der Waals surface area contributed by atoms with Crippen LogP contribution in [-0.4, -0.2) is 4.86 Å². The van der Waals surface area contributed by atoms with Crippen LogP contribution in [0.2, 0.25) is 0 Å².